The highest BCUT2D eigenvalue weighted by molar-refractivity contribution is 6.42. The first-order valence-electron chi connectivity index (χ1n) is 11.6. The molecule has 2 aromatic rings. The molecule has 0 aliphatic carbocycles. The number of benzene rings is 2. The minimum atomic E-state index is -2.27. The third kappa shape index (κ3) is 4.89. The number of nitrogens with zero attached hydrogens (tertiary/aromatic N) is 2. The van der Waals surface area contributed by atoms with Crippen LogP contribution in [0.1, 0.15) is 32.3 Å². The molecule has 0 radical (unpaired) electrons. The average molecular weight is 505 g/mol. The minimum absolute atomic E-state index is 0.173. The zero-order chi connectivity index (χ0) is 24.5. The van der Waals surface area contributed by atoms with Crippen molar-refractivity contribution in [2.24, 2.45) is 11.8 Å². The number of carbonyl (C=O) groups excluding carboxylic acids is 2. The number of rotatable bonds is 6. The summed E-state index contributed by atoms with van der Waals surface area (Å²) in [6.07, 6.45) is 2.37. The first kappa shape index (κ1) is 24.8. The Labute approximate surface area is 210 Å². The topological polar surface area (TPSA) is 84.9 Å². The number of amides is 3. The monoisotopic (exact) mass is 504 g/mol. The van der Waals surface area contributed by atoms with Crippen molar-refractivity contribution in [3.63, 3.8) is 0 Å². The molecule has 182 valence electrons. The zero-order valence-corrected chi connectivity index (χ0v) is 20.9. The van der Waals surface area contributed by atoms with E-state index in [4.69, 9.17) is 23.2 Å². The quantitative estimate of drug-likeness (QED) is 0.533. The van der Waals surface area contributed by atoms with Crippen molar-refractivity contribution in [3.05, 3.63) is 58.1 Å². The average Bonchev–Trinajstić information content (AvgIpc) is 2.81. The van der Waals surface area contributed by atoms with Crippen LogP contribution in [0.25, 0.3) is 0 Å². The number of urea groups is 1. The van der Waals surface area contributed by atoms with Crippen LogP contribution in [0.4, 0.5) is 16.2 Å². The van der Waals surface area contributed by atoms with E-state index in [1.54, 1.807) is 30.3 Å². The number of nitrogens with one attached hydrogen (secondary N) is 2. The van der Waals surface area contributed by atoms with Gasteiger partial charge in [0.25, 0.3) is 11.6 Å². The molecule has 1 fully saturated rings. The molecule has 2 aliphatic heterocycles. The maximum Gasteiger partial charge on any atom is 0.329 e. The van der Waals surface area contributed by atoms with E-state index in [0.717, 1.165) is 30.5 Å². The lowest BCUT2D eigenvalue weighted by Crippen LogP contribution is -2.63. The second-order valence-electron chi connectivity index (χ2n) is 9.38. The van der Waals surface area contributed by atoms with Crippen LogP contribution in [0.3, 0.4) is 0 Å². The van der Waals surface area contributed by atoms with Crippen molar-refractivity contribution in [3.8, 4) is 0 Å². The molecule has 1 saturated heterocycles. The van der Waals surface area contributed by atoms with E-state index in [1.807, 2.05) is 0 Å². The molecule has 2 unspecified atom stereocenters. The van der Waals surface area contributed by atoms with Gasteiger partial charge in [-0.1, -0.05) is 55.2 Å². The smallest absolute Gasteiger partial charge is 0.329 e. The van der Waals surface area contributed by atoms with Gasteiger partial charge in [-0.3, -0.25) is 9.69 Å². The molecule has 2 heterocycles. The molecule has 9 heteroatoms. The van der Waals surface area contributed by atoms with Crippen molar-refractivity contribution >= 4 is 46.5 Å². The summed E-state index contributed by atoms with van der Waals surface area (Å²) in [5, 5.41) is 18.0. The maximum absolute atomic E-state index is 13.5. The Morgan fingerprint density at radius 3 is 2.62 bits per heavy atom. The molecule has 4 rings (SSSR count). The predicted molar refractivity (Wildman–Crippen MR) is 135 cm³/mol. The van der Waals surface area contributed by atoms with Gasteiger partial charge in [0.2, 0.25) is 0 Å². The Hall–Kier alpha value is -2.32. The second kappa shape index (κ2) is 10.1. The number of hydrogen-bond acceptors (Lipinski definition) is 4. The number of halogens is 2. The predicted octanol–water partition coefficient (Wildman–Crippen LogP) is 4.67. The Balaban J connectivity index is 1.58. The Morgan fingerprint density at radius 1 is 1.21 bits per heavy atom. The number of likely N-dealkylation sites (tertiary alicyclic amines) is 1. The van der Waals surface area contributed by atoms with Gasteiger partial charge in [0.1, 0.15) is 0 Å². The van der Waals surface area contributed by atoms with Crippen LogP contribution in [0.5, 0.6) is 0 Å². The number of aliphatic hydroxyl groups is 1. The fourth-order valence-corrected chi connectivity index (χ4v) is 4.92. The van der Waals surface area contributed by atoms with Crippen LogP contribution in [0.15, 0.2) is 42.5 Å². The standard InChI is InChI=1S/C25H30Cl2N4O3/c1-16-9-11-30(12-10-16)15-17(2)14-28-23(32)25(34)19-5-3-4-6-22(19)29-24(33)31(25)18-7-8-20(26)21(27)13-18/h3-8,13,16-17,34H,9-12,14-15H2,1-2H3,(H,28,32)(H,29,33). The summed E-state index contributed by atoms with van der Waals surface area (Å²) < 4.78 is 0. The lowest BCUT2D eigenvalue weighted by atomic mass is 9.94. The van der Waals surface area contributed by atoms with Gasteiger partial charge in [-0.2, -0.15) is 0 Å². The van der Waals surface area contributed by atoms with Gasteiger partial charge in [-0.05, 0) is 62.0 Å². The fourth-order valence-electron chi connectivity index (χ4n) is 4.63. The van der Waals surface area contributed by atoms with E-state index in [0.29, 0.717) is 17.3 Å². The van der Waals surface area contributed by atoms with Crippen LogP contribution in [0.2, 0.25) is 10.0 Å². The van der Waals surface area contributed by atoms with Crippen LogP contribution in [-0.2, 0) is 10.5 Å². The molecular formula is C25H30Cl2N4O3. The number of carbonyl (C=O) groups is 2. The summed E-state index contributed by atoms with van der Waals surface area (Å²) in [6, 6.07) is 10.6. The second-order valence-corrected chi connectivity index (χ2v) is 10.2. The van der Waals surface area contributed by atoms with Crippen LogP contribution in [-0.4, -0.2) is 48.1 Å². The van der Waals surface area contributed by atoms with Gasteiger partial charge in [0.05, 0.1) is 21.4 Å². The van der Waals surface area contributed by atoms with Crippen molar-refractivity contribution in [2.75, 3.05) is 36.4 Å². The van der Waals surface area contributed by atoms with E-state index < -0.39 is 17.7 Å². The van der Waals surface area contributed by atoms with Gasteiger partial charge in [-0.15, -0.1) is 0 Å². The highest BCUT2D eigenvalue weighted by Gasteiger charge is 2.52. The van der Waals surface area contributed by atoms with Gasteiger partial charge >= 0.3 is 6.03 Å². The number of piperidine rings is 1. The van der Waals surface area contributed by atoms with Gasteiger partial charge in [0, 0.05) is 18.7 Å². The summed E-state index contributed by atoms with van der Waals surface area (Å²) in [6.45, 7) is 7.69. The first-order valence-corrected chi connectivity index (χ1v) is 12.3. The molecule has 2 aliphatic rings. The van der Waals surface area contributed by atoms with Crippen molar-refractivity contribution in [1.29, 1.82) is 0 Å². The number of anilines is 2. The zero-order valence-electron chi connectivity index (χ0n) is 19.4. The van der Waals surface area contributed by atoms with Gasteiger partial charge in [-0.25, -0.2) is 4.79 Å². The third-order valence-corrected chi connectivity index (χ3v) is 7.35. The maximum atomic E-state index is 13.5. The normalized spacial score (nSPS) is 22.1. The largest absolute Gasteiger partial charge is 0.359 e. The van der Waals surface area contributed by atoms with E-state index in [2.05, 4.69) is 29.4 Å². The van der Waals surface area contributed by atoms with E-state index >= 15 is 0 Å². The molecule has 2 aromatic carbocycles. The summed E-state index contributed by atoms with van der Waals surface area (Å²) in [4.78, 5) is 30.1. The number of fused-ring (bicyclic) bond motifs is 1. The summed E-state index contributed by atoms with van der Waals surface area (Å²) >= 11 is 12.2. The molecule has 0 bridgehead atoms. The number of hydrogen-bond donors (Lipinski definition) is 3. The third-order valence-electron chi connectivity index (χ3n) is 6.61. The Bertz CT molecular complexity index is 1070. The summed E-state index contributed by atoms with van der Waals surface area (Å²) in [7, 11) is 0. The highest BCUT2D eigenvalue weighted by Crippen LogP contribution is 2.41. The molecule has 7 nitrogen and oxygen atoms in total. The van der Waals surface area contributed by atoms with E-state index in [-0.39, 0.29) is 22.2 Å². The minimum Gasteiger partial charge on any atom is -0.359 e. The van der Waals surface area contributed by atoms with Crippen LogP contribution in [0, 0.1) is 11.8 Å². The van der Waals surface area contributed by atoms with Gasteiger partial charge in [0.15, 0.2) is 0 Å². The highest BCUT2D eigenvalue weighted by atomic mass is 35.5. The van der Waals surface area contributed by atoms with Crippen molar-refractivity contribution in [1.82, 2.24) is 10.2 Å². The van der Waals surface area contributed by atoms with Crippen LogP contribution >= 0.6 is 23.2 Å². The summed E-state index contributed by atoms with van der Waals surface area (Å²) in [5.74, 6) is 0.248. The lowest BCUT2D eigenvalue weighted by Gasteiger charge is -2.43. The SMILES string of the molecule is CC1CCN(CC(C)CNC(=O)C2(O)c3ccccc3NC(=O)N2c2ccc(Cl)c(Cl)c2)CC1. The van der Waals surface area contributed by atoms with E-state index in [9.17, 15) is 14.7 Å². The molecule has 0 aromatic heterocycles. The summed E-state index contributed by atoms with van der Waals surface area (Å²) in [5.41, 5.74) is -1.38. The molecule has 2 atom stereocenters. The molecule has 0 spiro atoms. The lowest BCUT2D eigenvalue weighted by molar-refractivity contribution is -0.140. The molecule has 34 heavy (non-hydrogen) atoms. The van der Waals surface area contributed by atoms with Crippen molar-refractivity contribution in [2.45, 2.75) is 32.4 Å². The molecule has 3 amide bonds. The molecule has 3 N–H and O–H groups in total. The number of para-hydroxylation sites is 1. The molecule has 0 saturated carbocycles. The molecular weight excluding hydrogens is 475 g/mol. The first-order chi connectivity index (χ1) is 16.2. The Morgan fingerprint density at radius 2 is 1.91 bits per heavy atom. The Kier molecular flexibility index (Phi) is 7.38. The fraction of sp³-hybridized carbons (Fsp3) is 0.440. The van der Waals surface area contributed by atoms with E-state index in [1.165, 1.54) is 25.0 Å². The van der Waals surface area contributed by atoms with Crippen molar-refractivity contribution < 1.29 is 14.7 Å². The van der Waals surface area contributed by atoms with Gasteiger partial charge < -0.3 is 20.6 Å². The van der Waals surface area contributed by atoms with Crippen LogP contribution < -0.4 is 15.5 Å².